The molecule has 0 aliphatic rings. The predicted molar refractivity (Wildman–Crippen MR) is 88.6 cm³/mol. The zero-order chi connectivity index (χ0) is 15.1. The molecule has 114 valence electrons. The molecule has 0 amide bonds. The highest BCUT2D eigenvalue weighted by atomic mass is 15.2. The summed E-state index contributed by atoms with van der Waals surface area (Å²) in [5.74, 6) is 0.567. The van der Waals surface area contributed by atoms with E-state index in [1.165, 1.54) is 23.1 Å². The average Bonchev–Trinajstić information content (AvgIpc) is 2.89. The summed E-state index contributed by atoms with van der Waals surface area (Å²) in [5.41, 5.74) is 4.09. The summed E-state index contributed by atoms with van der Waals surface area (Å²) in [6.45, 7) is 6.50. The topological polar surface area (TPSA) is 29.9 Å². The molecule has 3 heteroatoms. The second kappa shape index (κ2) is 7.99. The van der Waals surface area contributed by atoms with Crippen LogP contribution >= 0.6 is 0 Å². The van der Waals surface area contributed by atoms with Gasteiger partial charge >= 0.3 is 0 Å². The lowest BCUT2D eigenvalue weighted by Gasteiger charge is -2.18. The molecule has 2 rings (SSSR count). The Labute approximate surface area is 128 Å². The van der Waals surface area contributed by atoms with Crippen LogP contribution < -0.4 is 5.32 Å². The van der Waals surface area contributed by atoms with Crippen LogP contribution in [0.15, 0.2) is 36.7 Å². The third-order valence-corrected chi connectivity index (χ3v) is 3.91. The second-order valence-corrected chi connectivity index (χ2v) is 5.87. The maximum absolute atomic E-state index is 4.26. The van der Waals surface area contributed by atoms with Crippen molar-refractivity contribution in [3.63, 3.8) is 0 Å². The highest BCUT2D eigenvalue weighted by Gasteiger charge is 2.12. The summed E-state index contributed by atoms with van der Waals surface area (Å²) >= 11 is 0. The fourth-order valence-electron chi connectivity index (χ4n) is 2.62. The van der Waals surface area contributed by atoms with Gasteiger partial charge in [0.25, 0.3) is 0 Å². The van der Waals surface area contributed by atoms with Crippen LogP contribution in [0.4, 0.5) is 0 Å². The fraction of sp³-hybridized carbons (Fsp3) is 0.500. The molecule has 0 bridgehead atoms. The summed E-state index contributed by atoms with van der Waals surface area (Å²) in [4.78, 5) is 0. The van der Waals surface area contributed by atoms with Gasteiger partial charge in [-0.05, 0) is 49.8 Å². The van der Waals surface area contributed by atoms with Crippen LogP contribution in [-0.2, 0) is 13.5 Å². The van der Waals surface area contributed by atoms with Crippen LogP contribution in [0.25, 0.3) is 0 Å². The summed E-state index contributed by atoms with van der Waals surface area (Å²) < 4.78 is 1.88. The monoisotopic (exact) mass is 285 g/mol. The van der Waals surface area contributed by atoms with Crippen molar-refractivity contribution in [1.82, 2.24) is 15.1 Å². The normalized spacial score (nSPS) is 12.5. The molecule has 0 radical (unpaired) electrons. The molecule has 3 nitrogen and oxygen atoms in total. The molecule has 1 aromatic carbocycles. The van der Waals surface area contributed by atoms with Crippen LogP contribution in [0.3, 0.4) is 0 Å². The van der Waals surface area contributed by atoms with Gasteiger partial charge in [0.05, 0.1) is 6.20 Å². The Hall–Kier alpha value is -1.61. The quantitative estimate of drug-likeness (QED) is 0.753. The Morgan fingerprint density at radius 1 is 1.24 bits per heavy atom. The Morgan fingerprint density at radius 3 is 2.62 bits per heavy atom. The van der Waals surface area contributed by atoms with E-state index < -0.39 is 0 Å². The molecule has 0 fully saturated rings. The van der Waals surface area contributed by atoms with E-state index in [-0.39, 0.29) is 0 Å². The lowest BCUT2D eigenvalue weighted by molar-refractivity contribution is 0.548. The molecule has 21 heavy (non-hydrogen) atoms. The maximum atomic E-state index is 4.26. The zero-order valence-electron chi connectivity index (χ0n) is 13.5. The summed E-state index contributed by atoms with van der Waals surface area (Å²) in [5, 5.41) is 7.82. The molecule has 1 heterocycles. The van der Waals surface area contributed by atoms with Crippen LogP contribution in [0.2, 0.25) is 0 Å². The third-order valence-electron chi connectivity index (χ3n) is 3.91. The van der Waals surface area contributed by atoms with E-state index in [1.54, 1.807) is 0 Å². The van der Waals surface area contributed by atoms with E-state index in [1.807, 2.05) is 17.9 Å². The number of hydrogen-bond acceptors (Lipinski definition) is 2. The maximum Gasteiger partial charge on any atom is 0.0521 e. The van der Waals surface area contributed by atoms with Gasteiger partial charge in [0.2, 0.25) is 0 Å². The molecule has 1 unspecified atom stereocenters. The Bertz CT molecular complexity index is 528. The highest BCUT2D eigenvalue weighted by Crippen LogP contribution is 2.21. The minimum absolute atomic E-state index is 0.567. The molecular formula is C18H27N3. The van der Waals surface area contributed by atoms with Crippen molar-refractivity contribution in [3.8, 4) is 0 Å². The van der Waals surface area contributed by atoms with E-state index in [2.05, 4.69) is 54.7 Å². The fourth-order valence-corrected chi connectivity index (χ4v) is 2.62. The van der Waals surface area contributed by atoms with Crippen molar-refractivity contribution in [2.45, 2.75) is 39.0 Å². The minimum atomic E-state index is 0.567. The molecule has 1 atom stereocenters. The number of aromatic nitrogens is 2. The molecule has 0 saturated heterocycles. The Balaban J connectivity index is 1.99. The zero-order valence-corrected chi connectivity index (χ0v) is 13.5. The number of benzene rings is 1. The predicted octanol–water partition coefficient (Wildman–Crippen LogP) is 3.44. The van der Waals surface area contributed by atoms with Gasteiger partial charge in [0, 0.05) is 19.8 Å². The van der Waals surface area contributed by atoms with Gasteiger partial charge in [-0.2, -0.15) is 5.10 Å². The van der Waals surface area contributed by atoms with Crippen molar-refractivity contribution in [2.24, 2.45) is 7.05 Å². The van der Waals surface area contributed by atoms with Crippen LogP contribution in [0.1, 0.15) is 42.4 Å². The van der Waals surface area contributed by atoms with Crippen molar-refractivity contribution < 1.29 is 0 Å². The van der Waals surface area contributed by atoms with E-state index in [0.29, 0.717) is 5.92 Å². The van der Waals surface area contributed by atoms with Crippen LogP contribution in [0, 0.1) is 6.92 Å². The van der Waals surface area contributed by atoms with Crippen LogP contribution in [-0.4, -0.2) is 22.9 Å². The summed E-state index contributed by atoms with van der Waals surface area (Å²) in [6.07, 6.45) is 7.52. The Kier molecular flexibility index (Phi) is 6.00. The van der Waals surface area contributed by atoms with Crippen molar-refractivity contribution in [3.05, 3.63) is 53.3 Å². The third kappa shape index (κ3) is 5.01. The van der Waals surface area contributed by atoms with E-state index in [9.17, 15) is 0 Å². The van der Waals surface area contributed by atoms with Gasteiger partial charge in [0.15, 0.2) is 0 Å². The number of nitrogens with zero attached hydrogens (tertiary/aromatic N) is 2. The number of hydrogen-bond donors (Lipinski definition) is 1. The van der Waals surface area contributed by atoms with Gasteiger partial charge in [-0.1, -0.05) is 36.8 Å². The molecule has 1 aromatic heterocycles. The van der Waals surface area contributed by atoms with E-state index in [0.717, 1.165) is 25.9 Å². The molecule has 0 spiro atoms. The first kappa shape index (κ1) is 15.8. The number of aryl methyl sites for hydroxylation is 3. The van der Waals surface area contributed by atoms with E-state index >= 15 is 0 Å². The first-order chi connectivity index (χ1) is 10.2. The molecule has 2 aromatic rings. The van der Waals surface area contributed by atoms with Gasteiger partial charge in [0.1, 0.15) is 0 Å². The first-order valence-electron chi connectivity index (χ1n) is 7.94. The SMILES string of the molecule is CCCNCC(CCc1cnn(C)c1)c1ccc(C)cc1. The lowest BCUT2D eigenvalue weighted by atomic mass is 9.92. The molecule has 1 N–H and O–H groups in total. The number of rotatable bonds is 8. The summed E-state index contributed by atoms with van der Waals surface area (Å²) in [7, 11) is 1.98. The molecule has 0 aliphatic carbocycles. The standard InChI is InChI=1S/C18H27N3/c1-4-11-19-13-18(17-8-5-15(2)6-9-17)10-7-16-12-20-21(3)14-16/h5-6,8-9,12,14,18-19H,4,7,10-11,13H2,1-3H3. The van der Waals surface area contributed by atoms with Gasteiger partial charge in [-0.25, -0.2) is 0 Å². The lowest BCUT2D eigenvalue weighted by Crippen LogP contribution is -2.22. The highest BCUT2D eigenvalue weighted by molar-refractivity contribution is 5.25. The largest absolute Gasteiger partial charge is 0.316 e. The smallest absolute Gasteiger partial charge is 0.0521 e. The van der Waals surface area contributed by atoms with Gasteiger partial charge in [-0.15, -0.1) is 0 Å². The first-order valence-corrected chi connectivity index (χ1v) is 7.94. The molecule has 0 saturated carbocycles. The summed E-state index contributed by atoms with van der Waals surface area (Å²) in [6, 6.07) is 8.98. The number of nitrogens with one attached hydrogen (secondary N) is 1. The second-order valence-electron chi connectivity index (χ2n) is 5.87. The van der Waals surface area contributed by atoms with Crippen LogP contribution in [0.5, 0.6) is 0 Å². The van der Waals surface area contributed by atoms with E-state index in [4.69, 9.17) is 0 Å². The van der Waals surface area contributed by atoms with Gasteiger partial charge in [-0.3, -0.25) is 4.68 Å². The average molecular weight is 285 g/mol. The molecule has 0 aliphatic heterocycles. The van der Waals surface area contributed by atoms with Crippen molar-refractivity contribution in [2.75, 3.05) is 13.1 Å². The van der Waals surface area contributed by atoms with Gasteiger partial charge < -0.3 is 5.32 Å². The minimum Gasteiger partial charge on any atom is -0.316 e. The molecular weight excluding hydrogens is 258 g/mol. The van der Waals surface area contributed by atoms with Crippen molar-refractivity contribution in [1.29, 1.82) is 0 Å². The van der Waals surface area contributed by atoms with Crippen molar-refractivity contribution >= 4 is 0 Å². The Morgan fingerprint density at radius 2 is 2.00 bits per heavy atom.